The lowest BCUT2D eigenvalue weighted by atomic mass is 9.82. The van der Waals surface area contributed by atoms with Crippen LogP contribution in [0.25, 0.3) is 0 Å². The van der Waals surface area contributed by atoms with Crippen LogP contribution < -0.4 is 0 Å². The van der Waals surface area contributed by atoms with Gasteiger partial charge in [-0.2, -0.15) is 0 Å². The van der Waals surface area contributed by atoms with Crippen molar-refractivity contribution in [2.24, 2.45) is 5.92 Å². The Labute approximate surface area is 93.2 Å². The Balaban J connectivity index is 1.99. The fourth-order valence-electron chi connectivity index (χ4n) is 2.12. The Bertz CT molecular complexity index is 302. The summed E-state index contributed by atoms with van der Waals surface area (Å²) in [6.07, 6.45) is 0.944. The van der Waals surface area contributed by atoms with Crippen LogP contribution in [0.1, 0.15) is 41.5 Å². The molecule has 0 aromatic heterocycles. The first-order valence-electron chi connectivity index (χ1n) is 5.80. The zero-order chi connectivity index (χ0) is 11.4. The molecular formula is C12H21BO2. The Morgan fingerprint density at radius 1 is 1.13 bits per heavy atom. The molecule has 1 fully saturated rings. The van der Waals surface area contributed by atoms with Gasteiger partial charge in [-0.05, 0) is 40.5 Å². The van der Waals surface area contributed by atoms with Gasteiger partial charge in [-0.15, -0.1) is 0 Å². The van der Waals surface area contributed by atoms with Crippen molar-refractivity contribution in [3.05, 3.63) is 11.1 Å². The lowest BCUT2D eigenvalue weighted by Gasteiger charge is -2.32. The largest absolute Gasteiger partial charge is 0.462 e. The SMILES string of the molecule is CC1=C(CB2OC(C)(C)C(C)(C)O2)[C@H]1C. The molecule has 15 heavy (non-hydrogen) atoms. The first kappa shape index (κ1) is 11.2. The van der Waals surface area contributed by atoms with E-state index in [0.717, 1.165) is 6.32 Å². The summed E-state index contributed by atoms with van der Waals surface area (Å²) < 4.78 is 11.9. The van der Waals surface area contributed by atoms with Gasteiger partial charge in [0, 0.05) is 6.32 Å². The Hall–Kier alpha value is -0.275. The number of hydrogen-bond donors (Lipinski definition) is 0. The Morgan fingerprint density at radius 3 is 1.87 bits per heavy atom. The van der Waals surface area contributed by atoms with Crippen LogP contribution in [0.15, 0.2) is 11.1 Å². The minimum atomic E-state index is -0.190. The summed E-state index contributed by atoms with van der Waals surface area (Å²) in [5, 5.41) is 0. The topological polar surface area (TPSA) is 18.5 Å². The molecular weight excluding hydrogens is 187 g/mol. The van der Waals surface area contributed by atoms with Crippen LogP contribution in [-0.2, 0) is 9.31 Å². The van der Waals surface area contributed by atoms with Gasteiger partial charge in [0.05, 0.1) is 11.2 Å². The Morgan fingerprint density at radius 2 is 1.53 bits per heavy atom. The first-order valence-corrected chi connectivity index (χ1v) is 5.80. The van der Waals surface area contributed by atoms with Gasteiger partial charge in [0.25, 0.3) is 0 Å². The van der Waals surface area contributed by atoms with Gasteiger partial charge in [-0.3, -0.25) is 0 Å². The van der Waals surface area contributed by atoms with E-state index in [0.29, 0.717) is 5.92 Å². The summed E-state index contributed by atoms with van der Waals surface area (Å²) in [6.45, 7) is 12.9. The van der Waals surface area contributed by atoms with Gasteiger partial charge in [0.15, 0.2) is 0 Å². The van der Waals surface area contributed by atoms with Gasteiger partial charge < -0.3 is 9.31 Å². The van der Waals surface area contributed by atoms with Gasteiger partial charge in [0.1, 0.15) is 0 Å². The maximum Gasteiger partial charge on any atom is 0.462 e. The van der Waals surface area contributed by atoms with Crippen molar-refractivity contribution >= 4 is 7.12 Å². The van der Waals surface area contributed by atoms with Gasteiger partial charge >= 0.3 is 7.12 Å². The van der Waals surface area contributed by atoms with E-state index in [-0.39, 0.29) is 18.3 Å². The van der Waals surface area contributed by atoms with Crippen molar-refractivity contribution in [1.82, 2.24) is 0 Å². The summed E-state index contributed by atoms with van der Waals surface area (Å²) in [7, 11) is -0.0510. The maximum absolute atomic E-state index is 5.96. The molecule has 0 unspecified atom stereocenters. The number of rotatable bonds is 2. The lowest BCUT2D eigenvalue weighted by molar-refractivity contribution is 0.00578. The van der Waals surface area contributed by atoms with Crippen LogP contribution in [0.3, 0.4) is 0 Å². The average Bonchev–Trinajstić information content (AvgIpc) is 2.54. The van der Waals surface area contributed by atoms with E-state index in [9.17, 15) is 0 Å². The molecule has 1 aliphatic heterocycles. The van der Waals surface area contributed by atoms with E-state index < -0.39 is 0 Å². The summed E-state index contributed by atoms with van der Waals surface area (Å²) in [5.41, 5.74) is 2.66. The van der Waals surface area contributed by atoms with Crippen LogP contribution in [0.5, 0.6) is 0 Å². The van der Waals surface area contributed by atoms with Crippen molar-refractivity contribution < 1.29 is 9.31 Å². The molecule has 0 amide bonds. The fourth-order valence-corrected chi connectivity index (χ4v) is 2.12. The first-order chi connectivity index (χ1) is 6.74. The standard InChI is InChI=1S/C12H21BO2/c1-8-9(2)10(8)7-13-14-11(3,4)12(5,6)15-13/h8H,7H2,1-6H3/t8-/m0/s1. The minimum absolute atomic E-state index is 0.0510. The summed E-state index contributed by atoms with van der Waals surface area (Å²) in [6, 6.07) is 0. The van der Waals surface area contributed by atoms with E-state index in [1.54, 1.807) is 0 Å². The third-order valence-electron chi connectivity index (χ3n) is 4.28. The molecule has 0 aromatic carbocycles. The highest BCUT2D eigenvalue weighted by atomic mass is 16.7. The molecule has 0 N–H and O–H groups in total. The third-order valence-corrected chi connectivity index (χ3v) is 4.28. The summed E-state index contributed by atoms with van der Waals surface area (Å²) in [4.78, 5) is 0. The third kappa shape index (κ3) is 1.76. The van der Waals surface area contributed by atoms with Gasteiger partial charge in [-0.1, -0.05) is 18.1 Å². The molecule has 1 heterocycles. The molecule has 1 saturated heterocycles. The molecule has 2 rings (SSSR count). The summed E-state index contributed by atoms with van der Waals surface area (Å²) in [5.74, 6) is 0.684. The zero-order valence-electron chi connectivity index (χ0n) is 10.7. The van der Waals surface area contributed by atoms with E-state index in [2.05, 4.69) is 41.5 Å². The lowest BCUT2D eigenvalue weighted by Crippen LogP contribution is -2.41. The fraction of sp³-hybridized carbons (Fsp3) is 0.833. The average molecular weight is 208 g/mol. The van der Waals surface area contributed by atoms with E-state index in [4.69, 9.17) is 9.31 Å². The molecule has 1 atom stereocenters. The highest BCUT2D eigenvalue weighted by Crippen LogP contribution is 2.45. The minimum Gasteiger partial charge on any atom is -0.403 e. The van der Waals surface area contributed by atoms with Crippen molar-refractivity contribution in [3.63, 3.8) is 0 Å². The molecule has 0 spiro atoms. The van der Waals surface area contributed by atoms with E-state index in [1.165, 1.54) is 11.1 Å². The van der Waals surface area contributed by atoms with Crippen LogP contribution in [0.4, 0.5) is 0 Å². The van der Waals surface area contributed by atoms with E-state index >= 15 is 0 Å². The molecule has 0 aromatic rings. The molecule has 0 saturated carbocycles. The van der Waals surface area contributed by atoms with Crippen molar-refractivity contribution in [3.8, 4) is 0 Å². The van der Waals surface area contributed by atoms with Gasteiger partial charge in [-0.25, -0.2) is 0 Å². The van der Waals surface area contributed by atoms with Crippen LogP contribution in [0, 0.1) is 5.92 Å². The van der Waals surface area contributed by atoms with E-state index in [1.807, 2.05) is 0 Å². The zero-order valence-corrected chi connectivity index (χ0v) is 10.7. The van der Waals surface area contributed by atoms with Crippen molar-refractivity contribution in [2.45, 2.75) is 59.1 Å². The summed E-state index contributed by atoms with van der Waals surface area (Å²) >= 11 is 0. The molecule has 0 bridgehead atoms. The van der Waals surface area contributed by atoms with Crippen molar-refractivity contribution in [1.29, 1.82) is 0 Å². The van der Waals surface area contributed by atoms with Crippen LogP contribution in [-0.4, -0.2) is 18.3 Å². The maximum atomic E-state index is 5.96. The predicted octanol–water partition coefficient (Wildman–Crippen LogP) is 3.04. The Kier molecular flexibility index (Phi) is 2.33. The van der Waals surface area contributed by atoms with Crippen LogP contribution >= 0.6 is 0 Å². The van der Waals surface area contributed by atoms with Crippen LogP contribution in [0.2, 0.25) is 6.32 Å². The van der Waals surface area contributed by atoms with Gasteiger partial charge in [0.2, 0.25) is 0 Å². The highest BCUT2D eigenvalue weighted by molar-refractivity contribution is 6.46. The highest BCUT2D eigenvalue weighted by Gasteiger charge is 2.52. The second-order valence-electron chi connectivity index (χ2n) is 5.82. The smallest absolute Gasteiger partial charge is 0.403 e. The normalized spacial score (nSPS) is 32.4. The molecule has 84 valence electrons. The molecule has 3 heteroatoms. The number of hydrogen-bond acceptors (Lipinski definition) is 2. The molecule has 0 radical (unpaired) electrons. The molecule has 2 aliphatic rings. The quantitative estimate of drug-likeness (QED) is 0.512. The second-order valence-corrected chi connectivity index (χ2v) is 5.82. The molecule has 2 nitrogen and oxygen atoms in total. The van der Waals surface area contributed by atoms with Crippen molar-refractivity contribution in [2.75, 3.05) is 0 Å². The predicted molar refractivity (Wildman–Crippen MR) is 62.8 cm³/mol. The molecule has 1 aliphatic carbocycles. The monoisotopic (exact) mass is 208 g/mol. The number of allylic oxidation sites excluding steroid dienone is 2. The second kappa shape index (κ2) is 3.11.